The van der Waals surface area contributed by atoms with Gasteiger partial charge in [0.2, 0.25) is 0 Å². The van der Waals surface area contributed by atoms with Gasteiger partial charge in [0.25, 0.3) is 0 Å². The van der Waals surface area contributed by atoms with Gasteiger partial charge in [-0.25, -0.2) is 0 Å². The fraction of sp³-hybridized carbons (Fsp3) is 0.333. The monoisotopic (exact) mass is 303 g/mol. The SMILES string of the molecule is Cl.c1ccc(Cc2ccc(OC[C@H]3CCCN3)cc2)cc1. The van der Waals surface area contributed by atoms with E-state index >= 15 is 0 Å². The van der Waals surface area contributed by atoms with Gasteiger partial charge in [-0.3, -0.25) is 0 Å². The molecule has 3 heteroatoms. The molecule has 0 amide bonds. The van der Waals surface area contributed by atoms with Crippen LogP contribution in [0.3, 0.4) is 0 Å². The highest BCUT2D eigenvalue weighted by Gasteiger charge is 2.14. The van der Waals surface area contributed by atoms with E-state index in [1.54, 1.807) is 0 Å². The van der Waals surface area contributed by atoms with E-state index in [-0.39, 0.29) is 12.4 Å². The highest BCUT2D eigenvalue weighted by molar-refractivity contribution is 5.85. The van der Waals surface area contributed by atoms with Gasteiger partial charge in [-0.15, -0.1) is 12.4 Å². The lowest BCUT2D eigenvalue weighted by Crippen LogP contribution is -2.28. The van der Waals surface area contributed by atoms with Crippen molar-refractivity contribution < 1.29 is 4.74 Å². The highest BCUT2D eigenvalue weighted by atomic mass is 35.5. The minimum Gasteiger partial charge on any atom is -0.492 e. The van der Waals surface area contributed by atoms with Crippen LogP contribution in [0.1, 0.15) is 24.0 Å². The summed E-state index contributed by atoms with van der Waals surface area (Å²) in [5, 5.41) is 3.45. The summed E-state index contributed by atoms with van der Waals surface area (Å²) in [5.41, 5.74) is 2.67. The molecule has 1 saturated heterocycles. The highest BCUT2D eigenvalue weighted by Crippen LogP contribution is 2.16. The molecule has 112 valence electrons. The first-order valence-electron chi connectivity index (χ1n) is 7.39. The third kappa shape index (κ3) is 4.76. The molecule has 0 aliphatic carbocycles. The summed E-state index contributed by atoms with van der Waals surface area (Å²) < 4.78 is 5.83. The maximum absolute atomic E-state index is 5.83. The van der Waals surface area contributed by atoms with Crippen LogP contribution in [0.5, 0.6) is 5.75 Å². The minimum absolute atomic E-state index is 0. The molecule has 0 radical (unpaired) electrons. The van der Waals surface area contributed by atoms with Crippen molar-refractivity contribution in [2.45, 2.75) is 25.3 Å². The van der Waals surface area contributed by atoms with E-state index < -0.39 is 0 Å². The number of rotatable bonds is 5. The van der Waals surface area contributed by atoms with E-state index in [1.807, 2.05) is 0 Å². The molecular formula is C18H22ClNO. The fourth-order valence-corrected chi connectivity index (χ4v) is 2.63. The van der Waals surface area contributed by atoms with Crippen molar-refractivity contribution in [1.82, 2.24) is 5.32 Å². The van der Waals surface area contributed by atoms with E-state index in [0.717, 1.165) is 25.3 Å². The number of hydrogen-bond donors (Lipinski definition) is 1. The van der Waals surface area contributed by atoms with Crippen LogP contribution >= 0.6 is 12.4 Å². The zero-order chi connectivity index (χ0) is 13.6. The lowest BCUT2D eigenvalue weighted by atomic mass is 10.1. The van der Waals surface area contributed by atoms with Crippen LogP contribution in [0.2, 0.25) is 0 Å². The average molecular weight is 304 g/mol. The molecule has 1 fully saturated rings. The van der Waals surface area contributed by atoms with Gasteiger partial charge in [0.15, 0.2) is 0 Å². The number of hydrogen-bond acceptors (Lipinski definition) is 2. The molecule has 3 rings (SSSR count). The number of halogens is 1. The Balaban J connectivity index is 0.00000161. The molecule has 1 heterocycles. The predicted octanol–water partition coefficient (Wildman–Crippen LogP) is 3.83. The van der Waals surface area contributed by atoms with Crippen molar-refractivity contribution >= 4 is 12.4 Å². The van der Waals surface area contributed by atoms with Crippen LogP contribution in [0.25, 0.3) is 0 Å². The standard InChI is InChI=1S/C18H21NO.ClH/c1-2-5-15(6-3-1)13-16-8-10-18(11-9-16)20-14-17-7-4-12-19-17;/h1-3,5-6,8-11,17,19H,4,7,12-14H2;1H/t17-;/m1./s1. The van der Waals surface area contributed by atoms with Gasteiger partial charge in [-0.2, -0.15) is 0 Å². The zero-order valence-corrected chi connectivity index (χ0v) is 12.9. The molecule has 2 aromatic rings. The Morgan fingerprint density at radius 1 is 0.952 bits per heavy atom. The molecular weight excluding hydrogens is 282 g/mol. The van der Waals surface area contributed by atoms with Crippen molar-refractivity contribution in [3.63, 3.8) is 0 Å². The van der Waals surface area contributed by atoms with Crippen molar-refractivity contribution in [2.75, 3.05) is 13.2 Å². The second kappa shape index (κ2) is 8.06. The third-order valence-electron chi connectivity index (χ3n) is 3.79. The first-order chi connectivity index (χ1) is 9.90. The van der Waals surface area contributed by atoms with Crippen molar-refractivity contribution in [1.29, 1.82) is 0 Å². The Labute approximate surface area is 132 Å². The quantitative estimate of drug-likeness (QED) is 0.906. The molecule has 0 spiro atoms. The van der Waals surface area contributed by atoms with Gasteiger partial charge in [0.1, 0.15) is 12.4 Å². The second-order valence-electron chi connectivity index (χ2n) is 5.41. The Kier molecular flexibility index (Phi) is 6.09. The first-order valence-corrected chi connectivity index (χ1v) is 7.39. The van der Waals surface area contributed by atoms with Crippen LogP contribution in [0.15, 0.2) is 54.6 Å². The summed E-state index contributed by atoms with van der Waals surface area (Å²) in [4.78, 5) is 0. The molecule has 0 unspecified atom stereocenters. The summed E-state index contributed by atoms with van der Waals surface area (Å²) in [6.45, 7) is 1.90. The number of nitrogens with one attached hydrogen (secondary N) is 1. The van der Waals surface area contributed by atoms with Gasteiger partial charge in [-0.1, -0.05) is 42.5 Å². The molecule has 0 aromatic heterocycles. The van der Waals surface area contributed by atoms with E-state index in [2.05, 4.69) is 59.9 Å². The third-order valence-corrected chi connectivity index (χ3v) is 3.79. The Hall–Kier alpha value is -1.51. The van der Waals surface area contributed by atoms with Crippen molar-refractivity contribution in [3.05, 3.63) is 65.7 Å². The van der Waals surface area contributed by atoms with E-state index in [1.165, 1.54) is 24.0 Å². The molecule has 1 N–H and O–H groups in total. The van der Waals surface area contributed by atoms with Gasteiger partial charge in [0, 0.05) is 6.04 Å². The molecule has 1 aliphatic heterocycles. The van der Waals surface area contributed by atoms with Crippen LogP contribution in [0.4, 0.5) is 0 Å². The molecule has 0 saturated carbocycles. The number of ether oxygens (including phenoxy) is 1. The Morgan fingerprint density at radius 3 is 2.33 bits per heavy atom. The van der Waals surface area contributed by atoms with Crippen LogP contribution < -0.4 is 10.1 Å². The topological polar surface area (TPSA) is 21.3 Å². The zero-order valence-electron chi connectivity index (χ0n) is 12.1. The van der Waals surface area contributed by atoms with Gasteiger partial charge >= 0.3 is 0 Å². The maximum Gasteiger partial charge on any atom is 0.119 e. The second-order valence-corrected chi connectivity index (χ2v) is 5.41. The van der Waals surface area contributed by atoms with E-state index in [0.29, 0.717) is 6.04 Å². The first kappa shape index (κ1) is 15.9. The van der Waals surface area contributed by atoms with Crippen LogP contribution in [0, 0.1) is 0 Å². The normalized spacial score (nSPS) is 17.2. The molecule has 1 atom stereocenters. The van der Waals surface area contributed by atoms with Crippen molar-refractivity contribution in [2.24, 2.45) is 0 Å². The smallest absolute Gasteiger partial charge is 0.119 e. The largest absolute Gasteiger partial charge is 0.492 e. The molecule has 0 bridgehead atoms. The Morgan fingerprint density at radius 2 is 1.67 bits per heavy atom. The average Bonchev–Trinajstić information content (AvgIpc) is 3.01. The van der Waals surface area contributed by atoms with Crippen molar-refractivity contribution in [3.8, 4) is 5.75 Å². The van der Waals surface area contributed by atoms with E-state index in [4.69, 9.17) is 4.74 Å². The summed E-state index contributed by atoms with van der Waals surface area (Å²) >= 11 is 0. The summed E-state index contributed by atoms with van der Waals surface area (Å²) in [5.74, 6) is 0.968. The fourth-order valence-electron chi connectivity index (χ4n) is 2.63. The molecule has 21 heavy (non-hydrogen) atoms. The lowest BCUT2D eigenvalue weighted by Gasteiger charge is -2.12. The molecule has 2 aromatic carbocycles. The van der Waals surface area contributed by atoms with Gasteiger partial charge in [-0.05, 0) is 49.1 Å². The predicted molar refractivity (Wildman–Crippen MR) is 89.5 cm³/mol. The summed E-state index contributed by atoms with van der Waals surface area (Å²) in [7, 11) is 0. The maximum atomic E-state index is 5.83. The minimum atomic E-state index is 0. The Bertz CT molecular complexity index is 521. The number of benzene rings is 2. The lowest BCUT2D eigenvalue weighted by molar-refractivity contribution is 0.277. The summed E-state index contributed by atoms with van der Waals surface area (Å²) in [6.07, 6.45) is 3.47. The molecule has 2 nitrogen and oxygen atoms in total. The summed E-state index contributed by atoms with van der Waals surface area (Å²) in [6, 6.07) is 19.5. The van der Waals surface area contributed by atoms with Crippen LogP contribution in [-0.2, 0) is 6.42 Å². The van der Waals surface area contributed by atoms with E-state index in [9.17, 15) is 0 Å². The van der Waals surface area contributed by atoms with Gasteiger partial charge in [0.05, 0.1) is 0 Å². The molecule has 1 aliphatic rings. The van der Waals surface area contributed by atoms with Gasteiger partial charge < -0.3 is 10.1 Å². The van der Waals surface area contributed by atoms with Crippen LogP contribution in [-0.4, -0.2) is 19.2 Å².